The number of benzene rings is 1. The van der Waals surface area contributed by atoms with Crippen LogP contribution in [0.3, 0.4) is 0 Å². The highest BCUT2D eigenvalue weighted by Gasteiger charge is 2.23. The third-order valence-electron chi connectivity index (χ3n) is 2.49. The number of phenolic OH excluding ortho intramolecular Hbond substituents is 2. The van der Waals surface area contributed by atoms with Crippen molar-refractivity contribution in [2.75, 3.05) is 0 Å². The number of carbonyl (C=O) groups is 2. The molecule has 0 aromatic heterocycles. The molecule has 0 bridgehead atoms. The van der Waals surface area contributed by atoms with E-state index in [1.165, 1.54) is 12.1 Å². The highest BCUT2D eigenvalue weighted by Crippen LogP contribution is 2.22. The SMILES string of the molecule is CC(C)C(NC(=O)c1ccc(O)cc1O)C(N)=O. The van der Waals surface area contributed by atoms with Crippen LogP contribution in [0.2, 0.25) is 0 Å². The summed E-state index contributed by atoms with van der Waals surface area (Å²) in [5, 5.41) is 21.1. The van der Waals surface area contributed by atoms with Gasteiger partial charge in [-0.3, -0.25) is 9.59 Å². The summed E-state index contributed by atoms with van der Waals surface area (Å²) in [6, 6.07) is 2.76. The smallest absolute Gasteiger partial charge is 0.255 e. The quantitative estimate of drug-likeness (QED) is 0.618. The Kier molecular flexibility index (Phi) is 4.14. The fourth-order valence-electron chi connectivity index (χ4n) is 1.50. The van der Waals surface area contributed by atoms with E-state index in [0.29, 0.717) is 0 Å². The standard InChI is InChI=1S/C12H16N2O4/c1-6(2)10(11(13)17)14-12(18)8-4-3-7(15)5-9(8)16/h3-6,10,15-16H,1-2H3,(H2,13,17)(H,14,18). The maximum Gasteiger partial charge on any atom is 0.255 e. The molecule has 0 aliphatic rings. The zero-order chi connectivity index (χ0) is 13.9. The minimum absolute atomic E-state index is 0.0281. The van der Waals surface area contributed by atoms with Crippen molar-refractivity contribution in [1.29, 1.82) is 0 Å². The van der Waals surface area contributed by atoms with Gasteiger partial charge in [0.2, 0.25) is 5.91 Å². The van der Waals surface area contributed by atoms with Crippen LogP contribution in [-0.4, -0.2) is 28.1 Å². The summed E-state index contributed by atoms with van der Waals surface area (Å²) in [5.74, 6) is -1.94. The second-order valence-electron chi connectivity index (χ2n) is 4.30. The lowest BCUT2D eigenvalue weighted by molar-refractivity contribution is -0.120. The highest BCUT2D eigenvalue weighted by atomic mass is 16.3. The summed E-state index contributed by atoms with van der Waals surface area (Å²) < 4.78 is 0. The van der Waals surface area contributed by atoms with E-state index in [2.05, 4.69) is 5.32 Å². The number of carbonyl (C=O) groups excluding carboxylic acids is 2. The first kappa shape index (κ1) is 13.8. The van der Waals surface area contributed by atoms with Crippen LogP contribution in [0.25, 0.3) is 0 Å². The minimum atomic E-state index is -0.814. The molecule has 1 aromatic carbocycles. The van der Waals surface area contributed by atoms with Gasteiger partial charge in [-0.15, -0.1) is 0 Å². The summed E-state index contributed by atoms with van der Waals surface area (Å²) in [6.45, 7) is 3.48. The highest BCUT2D eigenvalue weighted by molar-refractivity contribution is 5.99. The first-order chi connectivity index (χ1) is 8.32. The average molecular weight is 252 g/mol. The van der Waals surface area contributed by atoms with Crippen molar-refractivity contribution in [3.63, 3.8) is 0 Å². The molecule has 0 saturated heterocycles. The molecular weight excluding hydrogens is 236 g/mol. The van der Waals surface area contributed by atoms with Gasteiger partial charge in [0.15, 0.2) is 0 Å². The zero-order valence-electron chi connectivity index (χ0n) is 10.2. The third-order valence-corrected chi connectivity index (χ3v) is 2.49. The molecule has 6 nitrogen and oxygen atoms in total. The van der Waals surface area contributed by atoms with Gasteiger partial charge in [0.05, 0.1) is 5.56 Å². The summed E-state index contributed by atoms with van der Waals surface area (Å²) in [7, 11) is 0. The molecule has 0 radical (unpaired) electrons. The monoisotopic (exact) mass is 252 g/mol. The Hall–Kier alpha value is -2.24. The van der Waals surface area contributed by atoms with Crippen LogP contribution in [-0.2, 0) is 4.79 Å². The van der Waals surface area contributed by atoms with Gasteiger partial charge in [0.1, 0.15) is 17.5 Å². The van der Waals surface area contributed by atoms with Crippen LogP contribution >= 0.6 is 0 Å². The molecule has 0 fully saturated rings. The lowest BCUT2D eigenvalue weighted by Gasteiger charge is -2.19. The summed E-state index contributed by atoms with van der Waals surface area (Å²) in [5.41, 5.74) is 5.14. The first-order valence-corrected chi connectivity index (χ1v) is 5.45. The molecule has 5 N–H and O–H groups in total. The van der Waals surface area contributed by atoms with Crippen LogP contribution in [0, 0.1) is 5.92 Å². The minimum Gasteiger partial charge on any atom is -0.508 e. The van der Waals surface area contributed by atoms with Gasteiger partial charge in [-0.1, -0.05) is 13.8 Å². The predicted octanol–water partition coefficient (Wildman–Crippen LogP) is 0.337. The number of rotatable bonds is 4. The largest absolute Gasteiger partial charge is 0.508 e. The van der Waals surface area contributed by atoms with E-state index >= 15 is 0 Å². The number of hydrogen-bond acceptors (Lipinski definition) is 4. The number of phenols is 2. The van der Waals surface area contributed by atoms with E-state index in [-0.39, 0.29) is 23.0 Å². The first-order valence-electron chi connectivity index (χ1n) is 5.45. The van der Waals surface area contributed by atoms with Crippen LogP contribution in [0.5, 0.6) is 11.5 Å². The van der Waals surface area contributed by atoms with Gasteiger partial charge < -0.3 is 21.3 Å². The van der Waals surface area contributed by atoms with Crippen molar-refractivity contribution in [2.45, 2.75) is 19.9 Å². The number of amides is 2. The molecule has 1 unspecified atom stereocenters. The molecule has 0 heterocycles. The molecule has 1 atom stereocenters. The number of nitrogens with one attached hydrogen (secondary N) is 1. The van der Waals surface area contributed by atoms with Crippen LogP contribution < -0.4 is 11.1 Å². The molecule has 1 aromatic rings. The topological polar surface area (TPSA) is 113 Å². The second-order valence-corrected chi connectivity index (χ2v) is 4.30. The van der Waals surface area contributed by atoms with Gasteiger partial charge in [-0.25, -0.2) is 0 Å². The predicted molar refractivity (Wildman–Crippen MR) is 65.1 cm³/mol. The third kappa shape index (κ3) is 3.13. The summed E-state index contributed by atoms with van der Waals surface area (Å²) >= 11 is 0. The van der Waals surface area contributed by atoms with Crippen LogP contribution in [0.15, 0.2) is 18.2 Å². The number of hydrogen-bond donors (Lipinski definition) is 4. The van der Waals surface area contributed by atoms with Crippen molar-refractivity contribution in [2.24, 2.45) is 11.7 Å². The van der Waals surface area contributed by atoms with Gasteiger partial charge in [-0.05, 0) is 18.1 Å². The zero-order valence-corrected chi connectivity index (χ0v) is 10.2. The van der Waals surface area contributed by atoms with Gasteiger partial charge in [-0.2, -0.15) is 0 Å². The number of nitrogens with two attached hydrogens (primary N) is 1. The molecule has 1 rings (SSSR count). The van der Waals surface area contributed by atoms with Crippen LogP contribution in [0.4, 0.5) is 0 Å². The normalized spacial score (nSPS) is 12.2. The van der Waals surface area contributed by atoms with Gasteiger partial charge in [0, 0.05) is 6.07 Å². The molecular formula is C12H16N2O4. The van der Waals surface area contributed by atoms with Crippen molar-refractivity contribution in [1.82, 2.24) is 5.32 Å². The molecule has 0 saturated carbocycles. The van der Waals surface area contributed by atoms with Gasteiger partial charge >= 0.3 is 0 Å². The van der Waals surface area contributed by atoms with Crippen molar-refractivity contribution in [3.05, 3.63) is 23.8 Å². The number of aromatic hydroxyl groups is 2. The van der Waals surface area contributed by atoms with Crippen LogP contribution in [0.1, 0.15) is 24.2 Å². The van der Waals surface area contributed by atoms with Crippen molar-refractivity contribution >= 4 is 11.8 Å². The van der Waals surface area contributed by atoms with E-state index < -0.39 is 17.9 Å². The lowest BCUT2D eigenvalue weighted by Crippen LogP contribution is -2.47. The Labute approximate surface area is 104 Å². The summed E-state index contributed by atoms with van der Waals surface area (Å²) in [4.78, 5) is 23.0. The molecule has 18 heavy (non-hydrogen) atoms. The molecule has 6 heteroatoms. The fraction of sp³-hybridized carbons (Fsp3) is 0.333. The van der Waals surface area contributed by atoms with Crippen molar-refractivity contribution < 1.29 is 19.8 Å². The van der Waals surface area contributed by atoms with E-state index in [0.717, 1.165) is 6.07 Å². The molecule has 0 spiro atoms. The fourth-order valence-corrected chi connectivity index (χ4v) is 1.50. The van der Waals surface area contributed by atoms with E-state index in [9.17, 15) is 14.7 Å². The maximum absolute atomic E-state index is 11.8. The molecule has 0 aliphatic carbocycles. The molecule has 98 valence electrons. The Morgan fingerprint density at radius 2 is 1.89 bits per heavy atom. The Morgan fingerprint density at radius 3 is 2.33 bits per heavy atom. The average Bonchev–Trinajstić information content (AvgIpc) is 2.24. The second kappa shape index (κ2) is 5.39. The Morgan fingerprint density at radius 1 is 1.28 bits per heavy atom. The van der Waals surface area contributed by atoms with E-state index in [1.54, 1.807) is 13.8 Å². The molecule has 2 amide bonds. The maximum atomic E-state index is 11.8. The molecule has 0 aliphatic heterocycles. The van der Waals surface area contributed by atoms with Crippen molar-refractivity contribution in [3.8, 4) is 11.5 Å². The lowest BCUT2D eigenvalue weighted by atomic mass is 10.0. The Bertz CT molecular complexity index is 471. The Balaban J connectivity index is 2.91. The van der Waals surface area contributed by atoms with E-state index in [1.807, 2.05) is 0 Å². The number of primary amides is 1. The van der Waals surface area contributed by atoms with E-state index in [4.69, 9.17) is 10.8 Å². The summed E-state index contributed by atoms with van der Waals surface area (Å²) in [6.07, 6.45) is 0. The van der Waals surface area contributed by atoms with Gasteiger partial charge in [0.25, 0.3) is 5.91 Å².